The predicted molar refractivity (Wildman–Crippen MR) is 65.6 cm³/mol. The van der Waals surface area contributed by atoms with Gasteiger partial charge in [0.25, 0.3) is 5.91 Å². The van der Waals surface area contributed by atoms with E-state index >= 15 is 0 Å². The van der Waals surface area contributed by atoms with Crippen LogP contribution in [0.3, 0.4) is 0 Å². The van der Waals surface area contributed by atoms with E-state index in [1.807, 2.05) is 0 Å². The van der Waals surface area contributed by atoms with Gasteiger partial charge in [-0.3, -0.25) is 9.89 Å². The number of carbonyl (C=O) groups is 1. The summed E-state index contributed by atoms with van der Waals surface area (Å²) in [7, 11) is 0. The zero-order valence-corrected chi connectivity index (χ0v) is 10.3. The van der Waals surface area contributed by atoms with Crippen LogP contribution in [-0.4, -0.2) is 35.9 Å². The second kappa shape index (κ2) is 6.90. The molecule has 1 heterocycles. The molecule has 6 heteroatoms. The molecule has 4 N–H and O–H groups in total. The van der Waals surface area contributed by atoms with Crippen LogP contribution >= 0.6 is 0 Å². The number of hydrogen-bond donors (Lipinski definition) is 3. The number of nitrogens with zero attached hydrogens (tertiary/aromatic N) is 1. The highest BCUT2D eigenvalue weighted by Gasteiger charge is 2.07. The number of carbonyl (C=O) groups excluding carboxylic acids is 1. The third-order valence-electron chi connectivity index (χ3n) is 2.04. The molecular formula is C11H20N4O2. The molecule has 6 nitrogen and oxygen atoms in total. The van der Waals surface area contributed by atoms with Crippen LogP contribution in [0, 0.1) is 5.92 Å². The lowest BCUT2D eigenvalue weighted by atomic mass is 10.2. The normalized spacial score (nSPS) is 10.8. The van der Waals surface area contributed by atoms with Crippen LogP contribution < -0.4 is 11.1 Å². The van der Waals surface area contributed by atoms with Crippen molar-refractivity contribution in [3.8, 4) is 0 Å². The predicted octanol–water partition coefficient (Wildman–Crippen LogP) is 0.784. The standard InChI is InChI=1S/C11H20N4O2/c1-8(2)7-17-5-3-4-13-11(16)9-6-10(12)15-14-9/h6,8H,3-5,7H2,1-2H3,(H,13,16)(H3,12,14,15). The van der Waals surface area contributed by atoms with Crippen molar-refractivity contribution in [1.29, 1.82) is 0 Å². The molecule has 96 valence electrons. The molecule has 0 fully saturated rings. The fourth-order valence-corrected chi connectivity index (χ4v) is 1.24. The molecule has 0 aliphatic heterocycles. The smallest absolute Gasteiger partial charge is 0.269 e. The third-order valence-corrected chi connectivity index (χ3v) is 2.04. The first-order valence-corrected chi connectivity index (χ1v) is 5.76. The van der Waals surface area contributed by atoms with Crippen molar-refractivity contribution in [3.63, 3.8) is 0 Å². The topological polar surface area (TPSA) is 93.0 Å². The Kier molecular flexibility index (Phi) is 5.48. The Balaban J connectivity index is 2.09. The van der Waals surface area contributed by atoms with Gasteiger partial charge in [0.1, 0.15) is 11.5 Å². The van der Waals surface area contributed by atoms with Gasteiger partial charge in [-0.2, -0.15) is 5.10 Å². The Morgan fingerprint density at radius 2 is 2.41 bits per heavy atom. The molecular weight excluding hydrogens is 220 g/mol. The number of ether oxygens (including phenoxy) is 1. The average molecular weight is 240 g/mol. The Bertz CT molecular complexity index is 349. The molecule has 1 aromatic heterocycles. The lowest BCUT2D eigenvalue weighted by molar-refractivity contribution is 0.0920. The van der Waals surface area contributed by atoms with Crippen molar-refractivity contribution < 1.29 is 9.53 Å². The highest BCUT2D eigenvalue weighted by atomic mass is 16.5. The molecule has 0 aliphatic rings. The van der Waals surface area contributed by atoms with Crippen LogP contribution in [0.25, 0.3) is 0 Å². The van der Waals surface area contributed by atoms with E-state index in [2.05, 4.69) is 29.4 Å². The molecule has 0 spiro atoms. The number of aromatic nitrogens is 2. The van der Waals surface area contributed by atoms with Gasteiger partial charge >= 0.3 is 0 Å². The van der Waals surface area contributed by atoms with Crippen molar-refractivity contribution in [3.05, 3.63) is 11.8 Å². The first-order valence-electron chi connectivity index (χ1n) is 5.76. The van der Waals surface area contributed by atoms with E-state index in [0.29, 0.717) is 30.6 Å². The maximum atomic E-state index is 11.5. The highest BCUT2D eigenvalue weighted by Crippen LogP contribution is 1.99. The van der Waals surface area contributed by atoms with Gasteiger partial charge in [0.15, 0.2) is 0 Å². The molecule has 0 aromatic carbocycles. The van der Waals surface area contributed by atoms with E-state index in [9.17, 15) is 4.79 Å². The van der Waals surface area contributed by atoms with Crippen LogP contribution in [0.4, 0.5) is 5.82 Å². The lowest BCUT2D eigenvalue weighted by Gasteiger charge is -2.07. The lowest BCUT2D eigenvalue weighted by Crippen LogP contribution is -2.25. The van der Waals surface area contributed by atoms with Gasteiger partial charge in [-0.1, -0.05) is 13.8 Å². The third kappa shape index (κ3) is 5.35. The molecule has 0 aliphatic carbocycles. The fourth-order valence-electron chi connectivity index (χ4n) is 1.24. The van der Waals surface area contributed by atoms with Crippen molar-refractivity contribution in [1.82, 2.24) is 15.5 Å². The van der Waals surface area contributed by atoms with Gasteiger partial charge in [-0.15, -0.1) is 0 Å². The number of amides is 1. The number of H-pyrrole nitrogens is 1. The quantitative estimate of drug-likeness (QED) is 0.614. The monoisotopic (exact) mass is 240 g/mol. The summed E-state index contributed by atoms with van der Waals surface area (Å²) in [4.78, 5) is 11.5. The number of nitrogens with one attached hydrogen (secondary N) is 2. The van der Waals surface area contributed by atoms with Gasteiger partial charge in [-0.05, 0) is 12.3 Å². The Morgan fingerprint density at radius 3 is 3.00 bits per heavy atom. The van der Waals surface area contributed by atoms with Gasteiger partial charge in [-0.25, -0.2) is 0 Å². The number of rotatable bonds is 7. The van der Waals surface area contributed by atoms with E-state index in [4.69, 9.17) is 10.5 Å². The summed E-state index contributed by atoms with van der Waals surface area (Å²) in [6, 6.07) is 1.50. The van der Waals surface area contributed by atoms with Gasteiger partial charge in [0.2, 0.25) is 0 Å². The molecule has 0 unspecified atom stereocenters. The zero-order valence-electron chi connectivity index (χ0n) is 10.3. The molecule has 1 amide bonds. The fraction of sp³-hybridized carbons (Fsp3) is 0.636. The van der Waals surface area contributed by atoms with Crippen LogP contribution in [0.1, 0.15) is 30.8 Å². The van der Waals surface area contributed by atoms with Crippen LogP contribution in [-0.2, 0) is 4.74 Å². The van der Waals surface area contributed by atoms with E-state index in [1.165, 1.54) is 6.07 Å². The van der Waals surface area contributed by atoms with E-state index in [-0.39, 0.29) is 5.91 Å². The molecule has 0 atom stereocenters. The summed E-state index contributed by atoms with van der Waals surface area (Å²) in [5, 5.41) is 8.99. The molecule has 0 bridgehead atoms. The van der Waals surface area contributed by atoms with Gasteiger partial charge in [0.05, 0.1) is 0 Å². The largest absolute Gasteiger partial charge is 0.382 e. The van der Waals surface area contributed by atoms with Gasteiger partial charge in [0, 0.05) is 25.8 Å². The van der Waals surface area contributed by atoms with Crippen molar-refractivity contribution >= 4 is 11.7 Å². The summed E-state index contributed by atoms with van der Waals surface area (Å²) < 4.78 is 5.40. The van der Waals surface area contributed by atoms with E-state index in [0.717, 1.165) is 13.0 Å². The molecule has 1 rings (SSSR count). The Hall–Kier alpha value is -1.56. The molecule has 0 saturated carbocycles. The summed E-state index contributed by atoms with van der Waals surface area (Å²) in [5.74, 6) is 0.658. The molecule has 0 saturated heterocycles. The number of nitrogens with two attached hydrogens (primary N) is 1. The maximum absolute atomic E-state index is 11.5. The minimum atomic E-state index is -0.196. The van der Waals surface area contributed by atoms with Gasteiger partial charge < -0.3 is 15.8 Å². The Labute approximate surface area is 101 Å². The van der Waals surface area contributed by atoms with Crippen LogP contribution in [0.2, 0.25) is 0 Å². The maximum Gasteiger partial charge on any atom is 0.269 e. The summed E-state index contributed by atoms with van der Waals surface area (Å²) in [5.41, 5.74) is 5.78. The molecule has 0 radical (unpaired) electrons. The summed E-state index contributed by atoms with van der Waals surface area (Å²) >= 11 is 0. The minimum Gasteiger partial charge on any atom is -0.382 e. The molecule has 17 heavy (non-hydrogen) atoms. The number of nitrogen functional groups attached to an aromatic ring is 1. The van der Waals surface area contributed by atoms with E-state index in [1.54, 1.807) is 0 Å². The van der Waals surface area contributed by atoms with Crippen molar-refractivity contribution in [2.24, 2.45) is 5.92 Å². The minimum absolute atomic E-state index is 0.196. The average Bonchev–Trinajstić information content (AvgIpc) is 2.69. The van der Waals surface area contributed by atoms with Crippen LogP contribution in [0.5, 0.6) is 0 Å². The zero-order chi connectivity index (χ0) is 12.7. The first kappa shape index (κ1) is 13.5. The van der Waals surface area contributed by atoms with Crippen LogP contribution in [0.15, 0.2) is 6.07 Å². The molecule has 1 aromatic rings. The summed E-state index contributed by atoms with van der Waals surface area (Å²) in [6.07, 6.45) is 0.794. The second-order valence-electron chi connectivity index (χ2n) is 4.28. The number of hydrogen-bond acceptors (Lipinski definition) is 4. The second-order valence-corrected chi connectivity index (χ2v) is 4.28. The Morgan fingerprint density at radius 1 is 1.65 bits per heavy atom. The highest BCUT2D eigenvalue weighted by molar-refractivity contribution is 5.92. The van der Waals surface area contributed by atoms with Crippen molar-refractivity contribution in [2.75, 3.05) is 25.5 Å². The SMILES string of the molecule is CC(C)COCCCNC(=O)c1cc(N)n[nH]1. The summed E-state index contributed by atoms with van der Waals surface area (Å²) in [6.45, 7) is 6.19. The number of anilines is 1. The number of aromatic amines is 1. The van der Waals surface area contributed by atoms with E-state index < -0.39 is 0 Å². The van der Waals surface area contributed by atoms with Crippen molar-refractivity contribution in [2.45, 2.75) is 20.3 Å². The first-order chi connectivity index (χ1) is 8.09.